The van der Waals surface area contributed by atoms with Crippen LogP contribution in [0.4, 0.5) is 11.5 Å². The molecule has 20 heavy (non-hydrogen) atoms. The molecule has 1 aliphatic heterocycles. The third kappa shape index (κ3) is 2.38. The molecule has 4 heteroatoms. The number of aromatic nitrogens is 2. The third-order valence-electron chi connectivity index (χ3n) is 3.74. The minimum Gasteiger partial charge on any atom is -0.326 e. The minimum atomic E-state index is 0.583. The molecule has 0 bridgehead atoms. The van der Waals surface area contributed by atoms with Gasteiger partial charge in [-0.15, -0.1) is 0 Å². The van der Waals surface area contributed by atoms with Crippen LogP contribution in [0.5, 0.6) is 0 Å². The lowest BCUT2D eigenvalue weighted by Crippen LogP contribution is -2.26. The Morgan fingerprint density at radius 1 is 1.25 bits per heavy atom. The van der Waals surface area contributed by atoms with Gasteiger partial charge in [-0.1, -0.05) is 43.1 Å². The normalized spacial score (nSPS) is 14.2. The van der Waals surface area contributed by atoms with Crippen LogP contribution < -0.4 is 4.90 Å². The van der Waals surface area contributed by atoms with Crippen LogP contribution >= 0.6 is 11.6 Å². The van der Waals surface area contributed by atoms with E-state index in [-0.39, 0.29) is 0 Å². The molecule has 3 rings (SSSR count). The highest BCUT2D eigenvalue weighted by Crippen LogP contribution is 2.35. The van der Waals surface area contributed by atoms with E-state index < -0.39 is 0 Å². The van der Waals surface area contributed by atoms with E-state index in [1.54, 1.807) is 6.33 Å². The van der Waals surface area contributed by atoms with Crippen molar-refractivity contribution < 1.29 is 0 Å². The molecule has 2 aromatic rings. The maximum absolute atomic E-state index is 6.28. The van der Waals surface area contributed by atoms with Gasteiger partial charge in [-0.05, 0) is 30.9 Å². The molecular weight excluding hydrogens is 270 g/mol. The topological polar surface area (TPSA) is 29.0 Å². The molecule has 0 amide bonds. The lowest BCUT2D eigenvalue weighted by Gasteiger charge is -2.31. The maximum Gasteiger partial charge on any atom is 0.141 e. The first-order valence-corrected chi connectivity index (χ1v) is 7.54. The standard InChI is InChI=1S/C16H18ClN3/c1-2-6-13-15(17)18-11-19-16(13)20-10-5-8-12-7-3-4-9-14(12)20/h3-4,7,9,11H,2,5-6,8,10H2,1H3. The van der Waals surface area contributed by atoms with Gasteiger partial charge in [0.25, 0.3) is 0 Å². The number of benzene rings is 1. The Bertz CT molecular complexity index is 612. The second-order valence-electron chi connectivity index (χ2n) is 5.10. The van der Waals surface area contributed by atoms with E-state index in [0.717, 1.165) is 43.6 Å². The van der Waals surface area contributed by atoms with E-state index in [4.69, 9.17) is 11.6 Å². The van der Waals surface area contributed by atoms with Crippen LogP contribution in [0.25, 0.3) is 0 Å². The number of fused-ring (bicyclic) bond motifs is 1. The lowest BCUT2D eigenvalue weighted by atomic mass is 10.0. The number of nitrogens with zero attached hydrogens (tertiary/aromatic N) is 3. The van der Waals surface area contributed by atoms with Crippen molar-refractivity contribution in [2.75, 3.05) is 11.4 Å². The largest absolute Gasteiger partial charge is 0.326 e. The summed E-state index contributed by atoms with van der Waals surface area (Å²) in [7, 11) is 0. The summed E-state index contributed by atoms with van der Waals surface area (Å²) >= 11 is 6.28. The van der Waals surface area contributed by atoms with Gasteiger partial charge in [0, 0.05) is 17.8 Å². The van der Waals surface area contributed by atoms with Gasteiger partial charge in [-0.25, -0.2) is 9.97 Å². The van der Waals surface area contributed by atoms with Crippen LogP contribution in [0, 0.1) is 0 Å². The highest BCUT2D eigenvalue weighted by Gasteiger charge is 2.22. The van der Waals surface area contributed by atoms with Gasteiger partial charge in [-0.3, -0.25) is 0 Å². The van der Waals surface area contributed by atoms with E-state index in [9.17, 15) is 0 Å². The van der Waals surface area contributed by atoms with Gasteiger partial charge in [0.2, 0.25) is 0 Å². The Morgan fingerprint density at radius 3 is 2.95 bits per heavy atom. The SMILES string of the molecule is CCCc1c(Cl)ncnc1N1CCCc2ccccc21. The molecule has 2 heterocycles. The van der Waals surface area contributed by atoms with Crippen LogP contribution in [-0.4, -0.2) is 16.5 Å². The average Bonchev–Trinajstić information content (AvgIpc) is 2.49. The van der Waals surface area contributed by atoms with Crippen molar-refractivity contribution in [3.05, 3.63) is 46.9 Å². The number of aryl methyl sites for hydroxylation is 1. The second-order valence-corrected chi connectivity index (χ2v) is 5.46. The van der Waals surface area contributed by atoms with E-state index in [2.05, 4.69) is 46.1 Å². The molecule has 0 saturated carbocycles. The first-order chi connectivity index (χ1) is 9.81. The van der Waals surface area contributed by atoms with Gasteiger partial charge < -0.3 is 4.90 Å². The summed E-state index contributed by atoms with van der Waals surface area (Å²) in [4.78, 5) is 10.9. The summed E-state index contributed by atoms with van der Waals surface area (Å²) in [5.41, 5.74) is 3.70. The molecule has 0 radical (unpaired) electrons. The molecule has 0 saturated heterocycles. The van der Waals surface area contributed by atoms with E-state index >= 15 is 0 Å². The van der Waals surface area contributed by atoms with Gasteiger partial charge in [0.05, 0.1) is 0 Å². The Labute approximate surface area is 124 Å². The number of anilines is 2. The van der Waals surface area contributed by atoms with Gasteiger partial charge in [0.15, 0.2) is 0 Å². The molecule has 0 spiro atoms. The molecule has 0 N–H and O–H groups in total. The third-order valence-corrected chi connectivity index (χ3v) is 4.06. The second kappa shape index (κ2) is 5.80. The average molecular weight is 288 g/mol. The molecule has 1 aromatic heterocycles. The van der Waals surface area contributed by atoms with Crippen LogP contribution in [0.1, 0.15) is 30.9 Å². The number of para-hydroxylation sites is 1. The molecule has 104 valence electrons. The highest BCUT2D eigenvalue weighted by atomic mass is 35.5. The zero-order valence-electron chi connectivity index (χ0n) is 11.6. The highest BCUT2D eigenvalue weighted by molar-refractivity contribution is 6.30. The van der Waals surface area contributed by atoms with Gasteiger partial charge in [-0.2, -0.15) is 0 Å². The Hall–Kier alpha value is -1.61. The van der Waals surface area contributed by atoms with E-state index in [0.29, 0.717) is 5.15 Å². The van der Waals surface area contributed by atoms with Crippen molar-refractivity contribution in [1.29, 1.82) is 0 Å². The molecule has 1 aliphatic rings. The molecule has 0 unspecified atom stereocenters. The quantitative estimate of drug-likeness (QED) is 0.794. The predicted molar refractivity (Wildman–Crippen MR) is 82.8 cm³/mol. The molecule has 3 nitrogen and oxygen atoms in total. The fourth-order valence-electron chi connectivity index (χ4n) is 2.83. The number of rotatable bonds is 3. The number of halogens is 1. The zero-order chi connectivity index (χ0) is 13.9. The van der Waals surface area contributed by atoms with E-state index in [1.165, 1.54) is 11.3 Å². The lowest BCUT2D eigenvalue weighted by molar-refractivity contribution is 0.751. The summed E-state index contributed by atoms with van der Waals surface area (Å²) in [6.45, 7) is 3.14. The van der Waals surface area contributed by atoms with E-state index in [1.807, 2.05) is 0 Å². The fourth-order valence-corrected chi connectivity index (χ4v) is 3.06. The predicted octanol–water partition coefficient (Wildman–Crippen LogP) is 4.17. The van der Waals surface area contributed by atoms with Crippen molar-refractivity contribution in [3.63, 3.8) is 0 Å². The molecule has 0 aliphatic carbocycles. The van der Waals surface area contributed by atoms with Crippen LogP contribution in [0.3, 0.4) is 0 Å². The monoisotopic (exact) mass is 287 g/mol. The summed E-state index contributed by atoms with van der Waals surface area (Å²) in [5, 5.41) is 0.583. The van der Waals surface area contributed by atoms with Crippen molar-refractivity contribution >= 4 is 23.1 Å². The van der Waals surface area contributed by atoms with Crippen LogP contribution in [0.2, 0.25) is 5.15 Å². The smallest absolute Gasteiger partial charge is 0.141 e. The fraction of sp³-hybridized carbons (Fsp3) is 0.375. The Morgan fingerprint density at radius 2 is 2.10 bits per heavy atom. The van der Waals surface area contributed by atoms with Crippen LogP contribution in [-0.2, 0) is 12.8 Å². The first-order valence-electron chi connectivity index (χ1n) is 7.16. The van der Waals surface area contributed by atoms with Crippen LogP contribution in [0.15, 0.2) is 30.6 Å². The van der Waals surface area contributed by atoms with Crippen molar-refractivity contribution in [2.45, 2.75) is 32.6 Å². The summed E-state index contributed by atoms with van der Waals surface area (Å²) in [6, 6.07) is 8.55. The number of hydrogen-bond donors (Lipinski definition) is 0. The first kappa shape index (κ1) is 13.4. The van der Waals surface area contributed by atoms with Crippen molar-refractivity contribution in [2.24, 2.45) is 0 Å². The summed E-state index contributed by atoms with van der Waals surface area (Å²) in [5.74, 6) is 0.971. The van der Waals surface area contributed by atoms with Gasteiger partial charge in [0.1, 0.15) is 17.3 Å². The Balaban J connectivity index is 2.08. The zero-order valence-corrected chi connectivity index (χ0v) is 12.4. The van der Waals surface area contributed by atoms with Crippen molar-refractivity contribution in [3.8, 4) is 0 Å². The number of hydrogen-bond acceptors (Lipinski definition) is 3. The van der Waals surface area contributed by atoms with Gasteiger partial charge >= 0.3 is 0 Å². The molecule has 1 aromatic carbocycles. The summed E-state index contributed by atoms with van der Waals surface area (Å²) < 4.78 is 0. The minimum absolute atomic E-state index is 0.583. The summed E-state index contributed by atoms with van der Waals surface area (Å²) in [6.07, 6.45) is 5.79. The Kier molecular flexibility index (Phi) is 3.88. The van der Waals surface area contributed by atoms with Crippen molar-refractivity contribution in [1.82, 2.24) is 9.97 Å². The molecule has 0 fully saturated rings. The molecule has 0 atom stereocenters. The molecular formula is C16H18ClN3. The maximum atomic E-state index is 6.28.